The number of rotatable bonds is 8. The van der Waals surface area contributed by atoms with Crippen molar-refractivity contribution in [1.82, 2.24) is 9.80 Å². The Morgan fingerprint density at radius 3 is 2.33 bits per heavy atom. The summed E-state index contributed by atoms with van der Waals surface area (Å²) in [5.74, 6) is -2.23. The van der Waals surface area contributed by atoms with E-state index in [0.717, 1.165) is 48.4 Å². The van der Waals surface area contributed by atoms with Crippen molar-refractivity contribution >= 4 is 34.2 Å². The largest absolute Gasteiger partial charge is 0.480 e. The van der Waals surface area contributed by atoms with Crippen LogP contribution < -0.4 is 5.32 Å². The van der Waals surface area contributed by atoms with Crippen molar-refractivity contribution in [3.63, 3.8) is 0 Å². The molecule has 0 radical (unpaired) electrons. The molecule has 36 heavy (non-hydrogen) atoms. The fourth-order valence-electron chi connectivity index (χ4n) is 5.46. The number of hydrogen-bond acceptors (Lipinski definition) is 5. The number of nitrogens with zero attached hydrogens (tertiary/aromatic N) is 2. The van der Waals surface area contributed by atoms with E-state index in [1.165, 1.54) is 5.56 Å². The Morgan fingerprint density at radius 1 is 0.972 bits per heavy atom. The van der Waals surface area contributed by atoms with Crippen LogP contribution in [0.5, 0.6) is 0 Å². The standard InChI is InChI=1S/C29H31N3O4/c1-2-7-25(29(35)36)32-27(33)22-11-6-10-21-24(13-12-23(26(21)22)28(32)34)30-20-14-16-31(17-15-20)18-19-8-4-3-5-9-19/h3-6,8-13,20,25,30H,2,7,14-18H2,1H3,(H,35,36)/t25-/m1/s1. The molecule has 0 bridgehead atoms. The molecule has 5 rings (SSSR count). The predicted octanol–water partition coefficient (Wildman–Crippen LogP) is 4.77. The van der Waals surface area contributed by atoms with Gasteiger partial charge in [-0.05, 0) is 43.0 Å². The fourth-order valence-corrected chi connectivity index (χ4v) is 5.46. The maximum Gasteiger partial charge on any atom is 0.326 e. The van der Waals surface area contributed by atoms with Gasteiger partial charge in [0, 0.05) is 53.3 Å². The van der Waals surface area contributed by atoms with Crippen molar-refractivity contribution in [3.8, 4) is 0 Å². The molecule has 0 aromatic heterocycles. The third-order valence-corrected chi connectivity index (χ3v) is 7.29. The van der Waals surface area contributed by atoms with Gasteiger partial charge in [0.15, 0.2) is 0 Å². The molecule has 2 N–H and O–H groups in total. The summed E-state index contributed by atoms with van der Waals surface area (Å²) in [6.45, 7) is 4.78. The lowest BCUT2D eigenvalue weighted by atomic mass is 9.91. The van der Waals surface area contributed by atoms with Crippen molar-refractivity contribution in [2.75, 3.05) is 18.4 Å². The number of carboxylic acid groups (broad SMARTS) is 1. The lowest BCUT2D eigenvalue weighted by Gasteiger charge is -2.34. The molecule has 2 heterocycles. The molecule has 3 aromatic rings. The van der Waals surface area contributed by atoms with E-state index in [-0.39, 0.29) is 6.42 Å². The van der Waals surface area contributed by atoms with E-state index in [1.54, 1.807) is 18.2 Å². The van der Waals surface area contributed by atoms with Crippen LogP contribution >= 0.6 is 0 Å². The molecule has 1 saturated heterocycles. The summed E-state index contributed by atoms with van der Waals surface area (Å²) in [6.07, 6.45) is 2.77. The zero-order valence-corrected chi connectivity index (χ0v) is 20.4. The van der Waals surface area contributed by atoms with Gasteiger partial charge in [0.2, 0.25) is 0 Å². The number of carbonyl (C=O) groups is 3. The Kier molecular flexibility index (Phi) is 6.74. The Labute approximate surface area is 210 Å². The summed E-state index contributed by atoms with van der Waals surface area (Å²) < 4.78 is 0. The minimum Gasteiger partial charge on any atom is -0.480 e. The van der Waals surface area contributed by atoms with E-state index in [4.69, 9.17) is 0 Å². The highest BCUT2D eigenvalue weighted by atomic mass is 16.4. The van der Waals surface area contributed by atoms with E-state index < -0.39 is 23.8 Å². The van der Waals surface area contributed by atoms with Crippen LogP contribution in [-0.2, 0) is 11.3 Å². The van der Waals surface area contributed by atoms with Crippen LogP contribution in [0, 0.1) is 0 Å². The van der Waals surface area contributed by atoms with E-state index in [9.17, 15) is 19.5 Å². The van der Waals surface area contributed by atoms with Crippen LogP contribution in [0.4, 0.5) is 5.69 Å². The highest BCUT2D eigenvalue weighted by Crippen LogP contribution is 2.36. The number of amides is 2. The van der Waals surface area contributed by atoms with Crippen LogP contribution in [0.2, 0.25) is 0 Å². The van der Waals surface area contributed by atoms with Gasteiger partial charge in [-0.25, -0.2) is 4.79 Å². The van der Waals surface area contributed by atoms with Gasteiger partial charge in [0.05, 0.1) is 0 Å². The van der Waals surface area contributed by atoms with Gasteiger partial charge in [0.1, 0.15) is 6.04 Å². The van der Waals surface area contributed by atoms with Gasteiger partial charge < -0.3 is 10.4 Å². The number of benzene rings is 3. The van der Waals surface area contributed by atoms with Gasteiger partial charge in [-0.3, -0.25) is 19.4 Å². The van der Waals surface area contributed by atoms with Crippen molar-refractivity contribution in [1.29, 1.82) is 0 Å². The molecule has 3 aromatic carbocycles. The number of imide groups is 1. The molecule has 7 nitrogen and oxygen atoms in total. The van der Waals surface area contributed by atoms with Crippen molar-refractivity contribution in [2.45, 2.75) is 51.2 Å². The SMILES string of the molecule is CCC[C@H](C(=O)O)N1C(=O)c2cccc3c(NC4CCN(Cc5ccccc5)CC4)ccc(c23)C1=O. The maximum atomic E-state index is 13.3. The third kappa shape index (κ3) is 4.46. The Bertz CT molecular complexity index is 1280. The molecule has 0 aliphatic carbocycles. The summed E-state index contributed by atoms with van der Waals surface area (Å²) in [5.41, 5.74) is 2.98. The summed E-state index contributed by atoms with van der Waals surface area (Å²) in [4.78, 5) is 41.9. The van der Waals surface area contributed by atoms with Gasteiger partial charge in [-0.1, -0.05) is 55.8 Å². The van der Waals surface area contributed by atoms with Crippen LogP contribution in [0.1, 0.15) is 58.9 Å². The maximum absolute atomic E-state index is 13.3. The lowest BCUT2D eigenvalue weighted by molar-refractivity contribution is -0.141. The van der Waals surface area contributed by atoms with E-state index >= 15 is 0 Å². The molecule has 1 atom stereocenters. The predicted molar refractivity (Wildman–Crippen MR) is 139 cm³/mol. The van der Waals surface area contributed by atoms with Crippen LogP contribution in [0.3, 0.4) is 0 Å². The molecule has 0 spiro atoms. The summed E-state index contributed by atoms with van der Waals surface area (Å²) in [7, 11) is 0. The van der Waals surface area contributed by atoms with Crippen molar-refractivity contribution in [3.05, 3.63) is 77.4 Å². The van der Waals surface area contributed by atoms with Gasteiger partial charge in [-0.15, -0.1) is 0 Å². The molecule has 7 heteroatoms. The van der Waals surface area contributed by atoms with Crippen LogP contribution in [0.25, 0.3) is 10.8 Å². The number of likely N-dealkylation sites (tertiary alicyclic amines) is 1. The fraction of sp³-hybridized carbons (Fsp3) is 0.345. The first kappa shape index (κ1) is 24.0. The monoisotopic (exact) mass is 485 g/mol. The molecule has 0 unspecified atom stereocenters. The molecule has 2 aliphatic rings. The first-order chi connectivity index (χ1) is 17.5. The molecule has 2 amide bonds. The number of aliphatic carboxylic acids is 1. The smallest absolute Gasteiger partial charge is 0.326 e. The number of nitrogens with one attached hydrogen (secondary N) is 1. The normalized spacial score (nSPS) is 17.4. The molecule has 1 fully saturated rings. The Hall–Kier alpha value is -3.71. The van der Waals surface area contributed by atoms with Gasteiger partial charge in [0.25, 0.3) is 11.8 Å². The quantitative estimate of drug-likeness (QED) is 0.447. The minimum atomic E-state index is -1.17. The van der Waals surface area contributed by atoms with Crippen LogP contribution in [0.15, 0.2) is 60.7 Å². The van der Waals surface area contributed by atoms with Crippen molar-refractivity contribution in [2.24, 2.45) is 0 Å². The molecule has 0 saturated carbocycles. The minimum absolute atomic E-state index is 0.223. The van der Waals surface area contributed by atoms with E-state index in [1.807, 2.05) is 25.1 Å². The topological polar surface area (TPSA) is 89.9 Å². The highest BCUT2D eigenvalue weighted by molar-refractivity contribution is 6.27. The van der Waals surface area contributed by atoms with Gasteiger partial charge in [-0.2, -0.15) is 0 Å². The number of anilines is 1. The first-order valence-corrected chi connectivity index (χ1v) is 12.7. The van der Waals surface area contributed by atoms with Crippen molar-refractivity contribution < 1.29 is 19.5 Å². The average molecular weight is 486 g/mol. The first-order valence-electron chi connectivity index (χ1n) is 12.7. The highest BCUT2D eigenvalue weighted by Gasteiger charge is 2.40. The Balaban J connectivity index is 1.36. The second kappa shape index (κ2) is 10.1. The average Bonchev–Trinajstić information content (AvgIpc) is 2.89. The molecular formula is C29H31N3O4. The lowest BCUT2D eigenvalue weighted by Crippen LogP contribution is -2.50. The number of carboxylic acids is 1. The van der Waals surface area contributed by atoms with Crippen LogP contribution in [-0.4, -0.2) is 57.9 Å². The number of piperidine rings is 1. The summed E-state index contributed by atoms with van der Waals surface area (Å²) >= 11 is 0. The van der Waals surface area contributed by atoms with E-state index in [2.05, 4.69) is 34.5 Å². The second-order valence-electron chi connectivity index (χ2n) is 9.69. The zero-order valence-electron chi connectivity index (χ0n) is 20.4. The molecular weight excluding hydrogens is 454 g/mol. The summed E-state index contributed by atoms with van der Waals surface area (Å²) in [5, 5.41) is 14.8. The zero-order chi connectivity index (χ0) is 25.2. The molecule has 186 valence electrons. The summed E-state index contributed by atoms with van der Waals surface area (Å²) in [6, 6.07) is 18.6. The molecule has 2 aliphatic heterocycles. The second-order valence-corrected chi connectivity index (χ2v) is 9.69. The Morgan fingerprint density at radius 2 is 1.67 bits per heavy atom. The third-order valence-electron chi connectivity index (χ3n) is 7.29. The number of carbonyl (C=O) groups excluding carboxylic acids is 2. The van der Waals surface area contributed by atoms with Gasteiger partial charge >= 0.3 is 5.97 Å². The van der Waals surface area contributed by atoms with E-state index in [0.29, 0.717) is 29.0 Å². The number of hydrogen-bond donors (Lipinski definition) is 2.